The molecule has 0 unspecified atom stereocenters. The summed E-state index contributed by atoms with van der Waals surface area (Å²) in [5.41, 5.74) is 4.44. The Morgan fingerprint density at radius 3 is 2.38 bits per heavy atom. The van der Waals surface area contributed by atoms with Crippen molar-refractivity contribution in [3.05, 3.63) is 45.4 Å². The molecule has 0 radical (unpaired) electrons. The van der Waals surface area contributed by atoms with Crippen LogP contribution in [0.1, 0.15) is 37.3 Å². The van der Waals surface area contributed by atoms with E-state index in [4.69, 9.17) is 20.0 Å². The van der Waals surface area contributed by atoms with Gasteiger partial charge in [-0.05, 0) is 23.8 Å². The van der Waals surface area contributed by atoms with Gasteiger partial charge in [-0.3, -0.25) is 28.9 Å². The average Bonchev–Trinajstić information content (AvgIpc) is 3.63. The molecule has 2 aromatic heterocycles. The van der Waals surface area contributed by atoms with Crippen LogP contribution in [-0.4, -0.2) is 106 Å². The fourth-order valence-electron chi connectivity index (χ4n) is 5.35. The van der Waals surface area contributed by atoms with Crippen LogP contribution >= 0.6 is 46.2 Å². The lowest BCUT2D eigenvalue weighted by molar-refractivity contribution is -0.153. The maximum atomic E-state index is 13.4. The second-order valence-electron chi connectivity index (χ2n) is 12.0. The summed E-state index contributed by atoms with van der Waals surface area (Å²) >= 11 is 4.38. The number of ether oxygens (including phenoxy) is 2. The van der Waals surface area contributed by atoms with Crippen LogP contribution < -0.4 is 20.5 Å². The van der Waals surface area contributed by atoms with Crippen molar-refractivity contribution in [1.29, 1.82) is 0 Å². The largest absolute Gasteiger partial charge is 0.481 e. The van der Waals surface area contributed by atoms with Crippen LogP contribution in [0.5, 0.6) is 11.5 Å². The number of hydrogen-bond donors (Lipinski definition) is 5. The summed E-state index contributed by atoms with van der Waals surface area (Å²) in [5, 5.41) is 36.3. The lowest BCUT2D eigenvalue weighted by Crippen LogP contribution is -2.71. The van der Waals surface area contributed by atoms with Crippen molar-refractivity contribution in [2.45, 2.75) is 54.5 Å². The third kappa shape index (κ3) is 8.43. The molecule has 23 heteroatoms. The lowest BCUT2D eigenvalue weighted by Gasteiger charge is -2.49. The smallest absolute Gasteiger partial charge is 0.352 e. The van der Waals surface area contributed by atoms with Crippen molar-refractivity contribution >= 4 is 98.7 Å². The van der Waals surface area contributed by atoms with Crippen molar-refractivity contribution in [2.24, 2.45) is 5.16 Å². The molecule has 3 aromatic rings. The minimum absolute atomic E-state index is 0.00718. The van der Waals surface area contributed by atoms with E-state index in [1.54, 1.807) is 0 Å². The van der Waals surface area contributed by atoms with Gasteiger partial charge in [0.2, 0.25) is 5.60 Å². The van der Waals surface area contributed by atoms with Crippen LogP contribution in [0.15, 0.2) is 44.3 Å². The number of thioether (sulfide) groups is 2. The zero-order valence-electron chi connectivity index (χ0n) is 28.4. The molecule has 6 rings (SSSR count). The summed E-state index contributed by atoms with van der Waals surface area (Å²) in [5.74, 6) is -6.67. The first-order valence-electron chi connectivity index (χ1n) is 15.8. The summed E-state index contributed by atoms with van der Waals surface area (Å²) in [6.07, 6.45) is -0.0523. The van der Waals surface area contributed by atoms with Crippen molar-refractivity contribution in [3.8, 4) is 22.8 Å². The Morgan fingerprint density at radius 1 is 1.07 bits per heavy atom. The summed E-state index contributed by atoms with van der Waals surface area (Å²) in [4.78, 5) is 101. The van der Waals surface area contributed by atoms with E-state index >= 15 is 0 Å². The van der Waals surface area contributed by atoms with Gasteiger partial charge in [-0.2, -0.15) is 0 Å². The quantitative estimate of drug-likeness (QED) is 0.0366. The van der Waals surface area contributed by atoms with Crippen LogP contribution in [0, 0.1) is 0 Å². The first-order valence-corrected chi connectivity index (χ1v) is 19.6. The van der Waals surface area contributed by atoms with Gasteiger partial charge in [0.05, 0.1) is 12.1 Å². The number of nitrogens with one attached hydrogen (secondary N) is 1. The van der Waals surface area contributed by atoms with Crippen LogP contribution in [0.2, 0.25) is 0 Å². The van der Waals surface area contributed by atoms with Gasteiger partial charge in [-0.1, -0.05) is 16.9 Å². The monoisotopic (exact) mass is 832 g/mol. The Bertz CT molecular complexity index is 2210. The van der Waals surface area contributed by atoms with Crippen LogP contribution in [0.25, 0.3) is 11.3 Å². The van der Waals surface area contributed by atoms with E-state index < -0.39 is 70.8 Å². The molecule has 2 amide bonds. The number of thiazole rings is 2. The lowest BCUT2D eigenvalue weighted by atomic mass is 10.0. The number of rotatable bonds is 15. The molecule has 0 bridgehead atoms. The van der Waals surface area contributed by atoms with Gasteiger partial charge in [-0.15, -0.1) is 34.4 Å². The number of carboxylic acids is 3. The van der Waals surface area contributed by atoms with Gasteiger partial charge in [0, 0.05) is 54.0 Å². The molecule has 4 heterocycles. The molecule has 19 nitrogen and oxygen atoms in total. The predicted octanol–water partition coefficient (Wildman–Crippen LogP) is 2.20. The molecule has 1 aromatic carbocycles. The van der Waals surface area contributed by atoms with Gasteiger partial charge >= 0.3 is 29.8 Å². The van der Waals surface area contributed by atoms with E-state index in [0.29, 0.717) is 20.4 Å². The fourth-order valence-corrected chi connectivity index (χ4v) is 9.58. The number of nitrogens with two attached hydrogens (primary N) is 1. The standard InChI is InChI=1S/C32H28N6O13S4/c1-12(39)49-17-4-3-14(7-18(17)50-13(2)40)21-19(8-20(41)42)55-31(36-21)54-10-15-9-52-27-23(26(44)38(27)24(15)28(45)46)35-25(43)22(16-11-53-30(33)34-16)37-51-32(5-6-32)29(47)48/h3-4,7,11,23,27H,5-6,8-10H2,1-2H3,(H2,33,34)(H,35,43)(H,41,42)(H,45,46)(H,47,48)/t23-,27-/m1/s1. The first kappa shape index (κ1) is 39.2. The number of carboxylic acid groups (broad SMARTS) is 3. The summed E-state index contributed by atoms with van der Waals surface area (Å²) in [7, 11) is 0. The van der Waals surface area contributed by atoms with Gasteiger partial charge in [0.1, 0.15) is 22.8 Å². The zero-order valence-corrected chi connectivity index (χ0v) is 31.7. The minimum atomic E-state index is -1.57. The second kappa shape index (κ2) is 15.7. The van der Waals surface area contributed by atoms with Crippen LogP contribution in [0.3, 0.4) is 0 Å². The van der Waals surface area contributed by atoms with E-state index in [-0.39, 0.29) is 58.1 Å². The number of benzene rings is 1. The van der Waals surface area contributed by atoms with Gasteiger partial charge in [0.15, 0.2) is 26.7 Å². The number of aliphatic carboxylic acids is 3. The Balaban J connectivity index is 1.20. The van der Waals surface area contributed by atoms with Crippen LogP contribution in [-0.2, 0) is 44.8 Å². The van der Waals surface area contributed by atoms with Crippen molar-refractivity contribution in [2.75, 3.05) is 17.2 Å². The van der Waals surface area contributed by atoms with Crippen LogP contribution in [0.4, 0.5) is 5.13 Å². The predicted molar refractivity (Wildman–Crippen MR) is 196 cm³/mol. The molecule has 2 aliphatic heterocycles. The van der Waals surface area contributed by atoms with E-state index in [9.17, 15) is 48.9 Å². The Morgan fingerprint density at radius 2 is 1.78 bits per heavy atom. The number of esters is 2. The van der Waals surface area contributed by atoms with E-state index in [0.717, 1.165) is 46.3 Å². The molecule has 6 N–H and O–H groups in total. The number of nitrogen functional groups attached to an aromatic ring is 1. The molecule has 2 fully saturated rings. The molecule has 55 heavy (non-hydrogen) atoms. The highest BCUT2D eigenvalue weighted by molar-refractivity contribution is 8.01. The number of nitrogens with zero attached hydrogens (tertiary/aromatic N) is 4. The van der Waals surface area contributed by atoms with Crippen molar-refractivity contribution < 1.29 is 63.2 Å². The number of anilines is 1. The third-order valence-electron chi connectivity index (χ3n) is 8.01. The number of hydrogen-bond acceptors (Lipinski definition) is 18. The van der Waals surface area contributed by atoms with Gasteiger partial charge in [0.25, 0.3) is 11.8 Å². The Hall–Kier alpha value is -5.52. The topological polar surface area (TPSA) is 287 Å². The molecule has 1 saturated heterocycles. The molecule has 288 valence electrons. The highest BCUT2D eigenvalue weighted by Gasteiger charge is 2.56. The summed E-state index contributed by atoms with van der Waals surface area (Å²) in [6, 6.07) is 3.11. The number of carbonyl (C=O) groups is 7. The minimum Gasteiger partial charge on any atom is -0.481 e. The number of fused-ring (bicyclic) bond motifs is 1. The number of aromatic nitrogens is 2. The van der Waals surface area contributed by atoms with Gasteiger partial charge < -0.3 is 40.7 Å². The normalized spacial score (nSPS) is 18.5. The van der Waals surface area contributed by atoms with E-state index in [2.05, 4.69) is 20.4 Å². The summed E-state index contributed by atoms with van der Waals surface area (Å²) in [6.45, 7) is 2.33. The maximum absolute atomic E-state index is 13.4. The molecule has 2 atom stereocenters. The zero-order chi connectivity index (χ0) is 39.8. The number of oxime groups is 1. The SMILES string of the molecule is CC(=O)Oc1ccc(-c2nc(SCC3=C(C(=O)O)N4C(=O)[C@@H](NC(=O)C(=NOC5(C(=O)O)CC5)c5csc(N)n5)[C@H]4SC3)sc2CC(=O)O)cc1OC(C)=O. The van der Waals surface area contributed by atoms with Crippen molar-refractivity contribution in [3.63, 3.8) is 0 Å². The highest BCUT2D eigenvalue weighted by Crippen LogP contribution is 2.44. The fraction of sp³-hybridized carbons (Fsp3) is 0.312. The summed E-state index contributed by atoms with van der Waals surface area (Å²) < 4.78 is 10.7. The molecule has 0 spiro atoms. The first-order chi connectivity index (χ1) is 26.1. The third-order valence-corrected chi connectivity index (χ3v) is 12.3. The second-order valence-corrected chi connectivity index (χ2v) is 16.3. The number of carbonyl (C=O) groups excluding carboxylic acids is 4. The van der Waals surface area contributed by atoms with E-state index in [1.165, 1.54) is 42.3 Å². The number of amides is 2. The van der Waals surface area contributed by atoms with Gasteiger partial charge in [-0.25, -0.2) is 19.6 Å². The molecule has 3 aliphatic rings. The molecule has 1 aliphatic carbocycles. The van der Waals surface area contributed by atoms with Crippen molar-refractivity contribution in [1.82, 2.24) is 20.2 Å². The maximum Gasteiger partial charge on any atom is 0.352 e. The highest BCUT2D eigenvalue weighted by atomic mass is 32.2. The van der Waals surface area contributed by atoms with E-state index in [1.807, 2.05) is 0 Å². The molecular weight excluding hydrogens is 805 g/mol. The number of β-lactam (4-membered cyclic amide) rings is 1. The Kier molecular flexibility index (Phi) is 11.2. The molecular formula is C32H28N6O13S4. The average molecular weight is 833 g/mol. The molecule has 1 saturated carbocycles. The Labute approximate surface area is 325 Å².